The number of rotatable bonds is 5. The molecule has 0 N–H and O–H groups in total. The molecule has 0 aromatic carbocycles. The van der Waals surface area contributed by atoms with E-state index in [2.05, 4.69) is 0 Å². The third kappa shape index (κ3) is 4.92. The summed E-state index contributed by atoms with van der Waals surface area (Å²) < 4.78 is 5.18. The van der Waals surface area contributed by atoms with E-state index in [9.17, 15) is 28.8 Å². The van der Waals surface area contributed by atoms with E-state index in [1.807, 2.05) is 6.92 Å². The molecule has 2 fully saturated rings. The zero-order chi connectivity index (χ0) is 22.6. The minimum Gasteiger partial charge on any atom is -0.425 e. The van der Waals surface area contributed by atoms with Crippen LogP contribution in [0.5, 0.6) is 0 Å². The predicted molar refractivity (Wildman–Crippen MR) is 100.0 cm³/mol. The average molecular weight is 436 g/mol. The Kier molecular flexibility index (Phi) is 6.71. The van der Waals surface area contributed by atoms with E-state index < -0.39 is 47.3 Å². The Balaban J connectivity index is 1.58. The number of hydrogen-bond donors (Lipinski definition) is 0. The molecule has 0 radical (unpaired) electrons. The molecular weight excluding hydrogens is 412 g/mol. The Labute approximate surface area is 178 Å². The summed E-state index contributed by atoms with van der Waals surface area (Å²) in [5.74, 6) is -2.92. The maximum absolute atomic E-state index is 12.8. The van der Waals surface area contributed by atoms with E-state index in [1.165, 1.54) is 0 Å². The smallest absolute Gasteiger partial charge is 0.425 e. The lowest BCUT2D eigenvalue weighted by Crippen LogP contribution is -2.40. The summed E-state index contributed by atoms with van der Waals surface area (Å²) in [5, 5.41) is 0.957. The number of carbonyl (C=O) groups excluding carboxylic acids is 6. The van der Waals surface area contributed by atoms with Crippen LogP contribution in [0.25, 0.3) is 0 Å². The zero-order valence-corrected chi connectivity index (χ0v) is 17.2. The van der Waals surface area contributed by atoms with Gasteiger partial charge in [0.15, 0.2) is 0 Å². The molecule has 2 atom stereocenters. The minimum atomic E-state index is -1.16. The number of ether oxygens (including phenoxy) is 1. The highest BCUT2D eigenvalue weighted by molar-refractivity contribution is 6.02. The molecule has 3 aliphatic rings. The number of hydrogen-bond acceptors (Lipinski definition) is 9. The topological polar surface area (TPSA) is 137 Å². The summed E-state index contributed by atoms with van der Waals surface area (Å²) in [7, 11) is 0. The highest BCUT2D eigenvalue weighted by Gasteiger charge is 2.42. The van der Waals surface area contributed by atoms with E-state index in [-0.39, 0.29) is 32.1 Å². The van der Waals surface area contributed by atoms with Crippen molar-refractivity contribution in [3.8, 4) is 0 Å². The van der Waals surface area contributed by atoms with E-state index in [1.54, 1.807) is 12.2 Å². The average Bonchev–Trinajstić information content (AvgIpc) is 3.20. The van der Waals surface area contributed by atoms with Gasteiger partial charge in [-0.1, -0.05) is 18.1 Å². The second kappa shape index (κ2) is 9.27. The third-order valence-electron chi connectivity index (χ3n) is 5.71. The van der Waals surface area contributed by atoms with Crippen LogP contribution in [0.15, 0.2) is 12.2 Å². The van der Waals surface area contributed by atoms with Crippen LogP contribution >= 0.6 is 0 Å². The highest BCUT2D eigenvalue weighted by Crippen LogP contribution is 2.37. The van der Waals surface area contributed by atoms with Crippen LogP contribution in [0.3, 0.4) is 0 Å². The molecule has 4 amide bonds. The quantitative estimate of drug-likeness (QED) is 0.358. The second-order valence-electron chi connectivity index (χ2n) is 7.70. The molecule has 11 heteroatoms. The fourth-order valence-corrected chi connectivity index (χ4v) is 3.75. The van der Waals surface area contributed by atoms with Gasteiger partial charge in [-0.3, -0.25) is 24.0 Å². The van der Waals surface area contributed by atoms with Gasteiger partial charge >= 0.3 is 12.1 Å². The van der Waals surface area contributed by atoms with Crippen molar-refractivity contribution in [2.24, 2.45) is 5.41 Å². The van der Waals surface area contributed by atoms with Crippen molar-refractivity contribution < 1.29 is 43.2 Å². The summed E-state index contributed by atoms with van der Waals surface area (Å²) in [6, 6.07) is 0. The SMILES string of the molecule is CCC1(C(=O)ON2C(=O)CCC2=O)C/C=C/C(OC(=O)ON2C(=O)CCC2=O)CCC1. The summed E-state index contributed by atoms with van der Waals surface area (Å²) in [4.78, 5) is 81.1. The fourth-order valence-electron chi connectivity index (χ4n) is 3.75. The van der Waals surface area contributed by atoms with Gasteiger partial charge in [-0.15, -0.1) is 5.06 Å². The fraction of sp³-hybridized carbons (Fsp3) is 0.600. The molecule has 31 heavy (non-hydrogen) atoms. The molecule has 1 aliphatic carbocycles. The summed E-state index contributed by atoms with van der Waals surface area (Å²) in [5.41, 5.74) is -0.917. The first-order valence-corrected chi connectivity index (χ1v) is 10.2. The van der Waals surface area contributed by atoms with Crippen LogP contribution in [0.4, 0.5) is 4.79 Å². The highest BCUT2D eigenvalue weighted by atomic mass is 16.8. The monoisotopic (exact) mass is 436 g/mol. The van der Waals surface area contributed by atoms with Crippen molar-refractivity contribution in [3.05, 3.63) is 12.2 Å². The number of imide groups is 2. The predicted octanol–water partition coefficient (Wildman–Crippen LogP) is 1.71. The van der Waals surface area contributed by atoms with Gasteiger partial charge in [0, 0.05) is 25.7 Å². The van der Waals surface area contributed by atoms with Crippen molar-refractivity contribution in [2.45, 2.75) is 70.8 Å². The molecule has 0 saturated carbocycles. The Hall–Kier alpha value is -3.24. The largest absolute Gasteiger partial charge is 0.534 e. The molecule has 2 unspecified atom stereocenters. The maximum Gasteiger partial charge on any atom is 0.534 e. The van der Waals surface area contributed by atoms with Crippen molar-refractivity contribution in [3.63, 3.8) is 0 Å². The lowest BCUT2D eigenvalue weighted by molar-refractivity contribution is -0.206. The molecule has 3 rings (SSSR count). The molecule has 0 spiro atoms. The standard InChI is InChI=1S/C20H24N2O9/c1-2-20(18(27)30-21-14(23)7-8-15(21)24)11-3-5-13(6-4-12-20)29-19(28)31-22-16(25)9-10-17(22)26/h3,5,13H,2,4,6-12H2,1H3/b5-3+. The molecule has 2 heterocycles. The Morgan fingerprint density at radius 2 is 1.52 bits per heavy atom. The normalized spacial score (nSPS) is 27.7. The number of hydroxylamine groups is 4. The van der Waals surface area contributed by atoms with Crippen LogP contribution in [0, 0.1) is 5.41 Å². The zero-order valence-electron chi connectivity index (χ0n) is 17.2. The van der Waals surface area contributed by atoms with Gasteiger partial charge in [0.1, 0.15) is 6.10 Å². The summed E-state index contributed by atoms with van der Waals surface area (Å²) >= 11 is 0. The van der Waals surface area contributed by atoms with Crippen LogP contribution in [-0.2, 0) is 38.4 Å². The first kappa shape index (κ1) is 22.4. The van der Waals surface area contributed by atoms with Gasteiger partial charge in [-0.25, -0.2) is 9.59 Å². The van der Waals surface area contributed by atoms with Gasteiger partial charge in [0.25, 0.3) is 23.6 Å². The molecule has 2 aliphatic heterocycles. The second-order valence-corrected chi connectivity index (χ2v) is 7.70. The van der Waals surface area contributed by atoms with Crippen molar-refractivity contribution in [1.82, 2.24) is 10.1 Å². The van der Waals surface area contributed by atoms with Gasteiger partial charge in [-0.05, 0) is 38.2 Å². The van der Waals surface area contributed by atoms with E-state index in [0.717, 1.165) is 0 Å². The lowest BCUT2D eigenvalue weighted by atomic mass is 9.76. The van der Waals surface area contributed by atoms with Crippen molar-refractivity contribution >= 4 is 35.8 Å². The van der Waals surface area contributed by atoms with Crippen molar-refractivity contribution in [1.29, 1.82) is 0 Å². The van der Waals surface area contributed by atoms with E-state index >= 15 is 0 Å². The molecule has 2 saturated heterocycles. The van der Waals surface area contributed by atoms with Crippen LogP contribution in [0.2, 0.25) is 0 Å². The number of carbonyl (C=O) groups is 6. The Morgan fingerprint density at radius 3 is 2.06 bits per heavy atom. The third-order valence-corrected chi connectivity index (χ3v) is 5.71. The van der Waals surface area contributed by atoms with Crippen molar-refractivity contribution in [2.75, 3.05) is 0 Å². The van der Waals surface area contributed by atoms with Gasteiger partial charge < -0.3 is 9.57 Å². The van der Waals surface area contributed by atoms with Gasteiger partial charge in [0.05, 0.1) is 5.41 Å². The molecule has 0 aromatic heterocycles. The Morgan fingerprint density at radius 1 is 0.968 bits per heavy atom. The van der Waals surface area contributed by atoms with Gasteiger partial charge in [0.2, 0.25) is 0 Å². The molecular formula is C20H24N2O9. The van der Waals surface area contributed by atoms with Crippen LogP contribution < -0.4 is 0 Å². The van der Waals surface area contributed by atoms with Crippen LogP contribution in [-0.4, -0.2) is 52.0 Å². The number of amides is 4. The molecule has 11 nitrogen and oxygen atoms in total. The van der Waals surface area contributed by atoms with E-state index in [0.29, 0.717) is 35.8 Å². The molecule has 168 valence electrons. The lowest BCUT2D eigenvalue weighted by Gasteiger charge is -2.32. The summed E-state index contributed by atoms with van der Waals surface area (Å²) in [6.45, 7) is 1.82. The maximum atomic E-state index is 12.8. The number of nitrogens with zero attached hydrogens (tertiary/aromatic N) is 2. The first-order valence-electron chi connectivity index (χ1n) is 10.2. The first-order chi connectivity index (χ1) is 14.8. The minimum absolute atomic E-state index is 0.0146. The number of allylic oxidation sites excluding steroid dienone is 1. The van der Waals surface area contributed by atoms with E-state index in [4.69, 9.17) is 14.4 Å². The van der Waals surface area contributed by atoms with Gasteiger partial charge in [-0.2, -0.15) is 0 Å². The molecule has 0 aromatic rings. The molecule has 0 bridgehead atoms. The van der Waals surface area contributed by atoms with Crippen LogP contribution in [0.1, 0.15) is 64.7 Å². The Bertz CT molecular complexity index is 805. The summed E-state index contributed by atoms with van der Waals surface area (Å²) in [6.07, 6.45) is 3.39.